The van der Waals surface area contributed by atoms with E-state index in [0.29, 0.717) is 51.1 Å². The Morgan fingerprint density at radius 1 is 1.02 bits per heavy atom. The maximum absolute atomic E-state index is 13.9. The van der Waals surface area contributed by atoms with Gasteiger partial charge in [0.25, 0.3) is 0 Å². The number of hydrogen-bond acceptors (Lipinski definition) is 6. The lowest BCUT2D eigenvalue weighted by atomic mass is 9.82. The van der Waals surface area contributed by atoms with Gasteiger partial charge < -0.3 is 31.1 Å². The van der Waals surface area contributed by atoms with Crippen LogP contribution < -0.4 is 16.0 Å². The second-order valence-corrected chi connectivity index (χ2v) is 13.1. The van der Waals surface area contributed by atoms with E-state index in [0.717, 1.165) is 50.6 Å². The third-order valence-electron chi connectivity index (χ3n) is 9.20. The number of unbranched alkanes of at least 4 members (excludes halogenated alkanes) is 1. The standard InChI is InChI=1S/C38H58N4O5/c1-6-9-12-21-33(43)36(45)32(26-30-19-15-11-16-20-30)40-38(47)35(28(4)8-3)41-37(46)31(25-29-17-13-10-14-18-29)27-34(44)42(5)24-23-39-22-7-2/h1,3,10,13-14,17-18,28,30-33,35-36,39,43,45H,7,9,11-12,15-16,19-27H2,2,4-5H3,(H,40,47)(H,41,46)/t28?,31?,32?,33?,35-,36+/m0/s1. The molecule has 0 spiro atoms. The minimum Gasteiger partial charge on any atom is -0.390 e. The Bertz CT molecular complexity index is 1160. The third-order valence-corrected chi connectivity index (χ3v) is 9.20. The second kappa shape index (κ2) is 22.2. The van der Waals surface area contributed by atoms with Crippen LogP contribution in [0.3, 0.4) is 0 Å². The van der Waals surface area contributed by atoms with Crippen molar-refractivity contribution in [2.45, 2.75) is 115 Å². The number of carbonyl (C=O) groups is 3. The normalized spacial score (nSPS) is 17.2. The summed E-state index contributed by atoms with van der Waals surface area (Å²) in [6, 6.07) is 7.64. The Labute approximate surface area is 283 Å². The van der Waals surface area contributed by atoms with Crippen LogP contribution in [0.1, 0.15) is 90.0 Å². The highest BCUT2D eigenvalue weighted by molar-refractivity contribution is 5.91. The number of nitrogens with one attached hydrogen (secondary N) is 3. The summed E-state index contributed by atoms with van der Waals surface area (Å²) >= 11 is 0. The zero-order chi connectivity index (χ0) is 34.6. The SMILES string of the molecule is C#CCCCC(O)[C@H](O)C(CC1CCCCC1)NC(=O)[C@@H](NC(=O)C(CC(=O)N(C)CCNCCC)Cc1ccccc1)C(C)C#C. The molecule has 1 fully saturated rings. The zero-order valence-corrected chi connectivity index (χ0v) is 28.8. The molecule has 1 aliphatic rings. The average Bonchev–Trinajstić information content (AvgIpc) is 3.08. The van der Waals surface area contributed by atoms with Gasteiger partial charge in [-0.2, -0.15) is 0 Å². The summed E-state index contributed by atoms with van der Waals surface area (Å²) < 4.78 is 0. The van der Waals surface area contributed by atoms with Gasteiger partial charge in [0, 0.05) is 38.9 Å². The van der Waals surface area contributed by atoms with E-state index in [4.69, 9.17) is 12.8 Å². The van der Waals surface area contributed by atoms with Crippen LogP contribution in [-0.4, -0.2) is 83.8 Å². The number of aliphatic hydroxyl groups excluding tert-OH is 2. The predicted molar refractivity (Wildman–Crippen MR) is 187 cm³/mol. The molecule has 1 aromatic carbocycles. The molecule has 4 unspecified atom stereocenters. The van der Waals surface area contributed by atoms with Gasteiger partial charge in [-0.3, -0.25) is 14.4 Å². The van der Waals surface area contributed by atoms with Gasteiger partial charge in [0.2, 0.25) is 17.7 Å². The summed E-state index contributed by atoms with van der Waals surface area (Å²) in [6.45, 7) is 5.78. The van der Waals surface area contributed by atoms with Crippen LogP contribution in [-0.2, 0) is 20.8 Å². The molecule has 0 heterocycles. The molecule has 3 amide bonds. The van der Waals surface area contributed by atoms with E-state index in [1.165, 1.54) is 0 Å². The monoisotopic (exact) mass is 650 g/mol. The summed E-state index contributed by atoms with van der Waals surface area (Å²) in [5.74, 6) is 2.89. The first-order valence-corrected chi connectivity index (χ1v) is 17.5. The first-order chi connectivity index (χ1) is 22.6. The maximum Gasteiger partial charge on any atom is 0.244 e. The van der Waals surface area contributed by atoms with Crippen LogP contribution in [0.2, 0.25) is 0 Å². The van der Waals surface area contributed by atoms with Crippen LogP contribution in [0.4, 0.5) is 0 Å². The number of nitrogens with zero attached hydrogens (tertiary/aromatic N) is 1. The first kappa shape index (κ1) is 39.8. The number of amides is 3. The molecule has 6 atom stereocenters. The molecule has 1 aromatic rings. The number of carbonyl (C=O) groups excluding carboxylic acids is 3. The number of aliphatic hydroxyl groups is 2. The molecule has 2 rings (SSSR count). The van der Waals surface area contributed by atoms with E-state index in [1.54, 1.807) is 18.9 Å². The molecule has 9 nitrogen and oxygen atoms in total. The summed E-state index contributed by atoms with van der Waals surface area (Å²) in [5.41, 5.74) is 0.896. The number of hydrogen-bond donors (Lipinski definition) is 5. The zero-order valence-electron chi connectivity index (χ0n) is 28.8. The highest BCUT2D eigenvalue weighted by Gasteiger charge is 2.35. The van der Waals surface area contributed by atoms with Gasteiger partial charge in [-0.1, -0.05) is 69.4 Å². The highest BCUT2D eigenvalue weighted by atomic mass is 16.3. The Kier molecular flexibility index (Phi) is 18.8. The van der Waals surface area contributed by atoms with Crippen molar-refractivity contribution >= 4 is 17.7 Å². The van der Waals surface area contributed by atoms with Crippen LogP contribution in [0.25, 0.3) is 0 Å². The van der Waals surface area contributed by atoms with E-state index in [-0.39, 0.29) is 12.3 Å². The highest BCUT2D eigenvalue weighted by Crippen LogP contribution is 2.29. The molecule has 1 saturated carbocycles. The lowest BCUT2D eigenvalue weighted by Crippen LogP contribution is -2.57. The van der Waals surface area contributed by atoms with Crippen LogP contribution in [0, 0.1) is 42.4 Å². The molecule has 0 aromatic heterocycles. The molecule has 0 radical (unpaired) electrons. The predicted octanol–water partition coefficient (Wildman–Crippen LogP) is 3.43. The molecule has 47 heavy (non-hydrogen) atoms. The first-order valence-electron chi connectivity index (χ1n) is 17.5. The smallest absolute Gasteiger partial charge is 0.244 e. The van der Waals surface area contributed by atoms with Crippen LogP contribution >= 0.6 is 0 Å². The molecule has 1 aliphatic carbocycles. The number of benzene rings is 1. The Morgan fingerprint density at radius 3 is 2.36 bits per heavy atom. The number of rotatable bonds is 21. The van der Waals surface area contributed by atoms with Gasteiger partial charge >= 0.3 is 0 Å². The van der Waals surface area contributed by atoms with Gasteiger partial charge in [0.1, 0.15) is 6.04 Å². The second-order valence-electron chi connectivity index (χ2n) is 13.1. The van der Waals surface area contributed by atoms with Crippen molar-refractivity contribution in [3.05, 3.63) is 35.9 Å². The fourth-order valence-electron chi connectivity index (χ4n) is 6.17. The molecule has 0 saturated heterocycles. The third kappa shape index (κ3) is 14.5. The Morgan fingerprint density at radius 2 is 1.72 bits per heavy atom. The summed E-state index contributed by atoms with van der Waals surface area (Å²) in [7, 11) is 1.73. The minimum atomic E-state index is -1.21. The van der Waals surface area contributed by atoms with Gasteiger partial charge in [-0.15, -0.1) is 24.7 Å². The molecule has 0 bridgehead atoms. The van der Waals surface area contributed by atoms with E-state index in [9.17, 15) is 24.6 Å². The van der Waals surface area contributed by atoms with E-state index >= 15 is 0 Å². The average molecular weight is 651 g/mol. The lowest BCUT2D eigenvalue weighted by molar-refractivity contribution is -0.137. The van der Waals surface area contributed by atoms with Crippen molar-refractivity contribution in [1.82, 2.24) is 20.9 Å². The summed E-state index contributed by atoms with van der Waals surface area (Å²) in [6.07, 6.45) is 17.3. The van der Waals surface area contributed by atoms with Crippen molar-refractivity contribution in [3.8, 4) is 24.7 Å². The van der Waals surface area contributed by atoms with Crippen molar-refractivity contribution < 1.29 is 24.6 Å². The van der Waals surface area contributed by atoms with Crippen molar-refractivity contribution in [2.24, 2.45) is 17.8 Å². The summed E-state index contributed by atoms with van der Waals surface area (Å²) in [4.78, 5) is 42.6. The molecule has 0 aliphatic heterocycles. The van der Waals surface area contributed by atoms with E-state index < -0.39 is 47.9 Å². The molecule has 9 heteroatoms. The maximum atomic E-state index is 13.9. The Balaban J connectivity index is 2.24. The Hall–Kier alpha value is -3.37. The molecule has 260 valence electrons. The molecule has 5 N–H and O–H groups in total. The fourth-order valence-corrected chi connectivity index (χ4v) is 6.17. The van der Waals surface area contributed by atoms with E-state index in [1.807, 2.05) is 30.3 Å². The summed E-state index contributed by atoms with van der Waals surface area (Å²) in [5, 5.41) is 31.1. The van der Waals surface area contributed by atoms with Crippen molar-refractivity contribution in [2.75, 3.05) is 26.7 Å². The lowest BCUT2D eigenvalue weighted by Gasteiger charge is -2.34. The fraction of sp³-hybridized carbons (Fsp3) is 0.658. The quantitative estimate of drug-likeness (QED) is 0.102. The van der Waals surface area contributed by atoms with Crippen LogP contribution in [0.15, 0.2) is 30.3 Å². The minimum absolute atomic E-state index is 0.0311. The van der Waals surface area contributed by atoms with Gasteiger partial charge in [-0.25, -0.2) is 0 Å². The van der Waals surface area contributed by atoms with Gasteiger partial charge in [-0.05, 0) is 57.1 Å². The largest absolute Gasteiger partial charge is 0.390 e. The topological polar surface area (TPSA) is 131 Å². The van der Waals surface area contributed by atoms with Gasteiger partial charge in [0.15, 0.2) is 0 Å². The van der Waals surface area contributed by atoms with Crippen molar-refractivity contribution in [3.63, 3.8) is 0 Å². The van der Waals surface area contributed by atoms with Crippen molar-refractivity contribution in [1.29, 1.82) is 0 Å². The van der Waals surface area contributed by atoms with Crippen LogP contribution in [0.5, 0.6) is 0 Å². The van der Waals surface area contributed by atoms with E-state index in [2.05, 4.69) is 34.7 Å². The number of likely N-dealkylation sites (N-methyl/N-ethyl adjacent to an activating group) is 1. The van der Waals surface area contributed by atoms with Gasteiger partial charge in [0.05, 0.1) is 24.2 Å². The number of terminal acetylenes is 2. The molecular formula is C38H58N4O5. The molecular weight excluding hydrogens is 592 g/mol.